The van der Waals surface area contributed by atoms with Crippen molar-refractivity contribution in [2.24, 2.45) is 4.99 Å². The summed E-state index contributed by atoms with van der Waals surface area (Å²) in [6.07, 6.45) is 0.599. The molecule has 7 heteroatoms. The number of dihydropyridines is 1. The van der Waals surface area contributed by atoms with E-state index in [0.29, 0.717) is 22.8 Å². The molecule has 1 unspecified atom stereocenters. The molecule has 0 bridgehead atoms. The van der Waals surface area contributed by atoms with E-state index >= 15 is 0 Å². The molecular weight excluding hydrogens is 356 g/mol. The molecule has 0 saturated heterocycles. The minimum absolute atomic E-state index is 0.162. The molecule has 1 aliphatic heterocycles. The van der Waals surface area contributed by atoms with E-state index < -0.39 is 17.6 Å². The quantitative estimate of drug-likeness (QED) is 0.587. The number of rotatable bonds is 4. The summed E-state index contributed by atoms with van der Waals surface area (Å²) in [6, 6.07) is 2.50. The Morgan fingerprint density at radius 1 is 1.40 bits per heavy atom. The molecular formula is C18H17ClF4N2. The molecule has 0 spiro atoms. The molecule has 1 heterocycles. The average Bonchev–Trinajstić information content (AvgIpc) is 2.52. The van der Waals surface area contributed by atoms with Crippen molar-refractivity contribution in [1.82, 2.24) is 0 Å². The molecule has 2 nitrogen and oxygen atoms in total. The van der Waals surface area contributed by atoms with Crippen molar-refractivity contribution in [3.63, 3.8) is 0 Å². The summed E-state index contributed by atoms with van der Waals surface area (Å²) < 4.78 is 52.7. The van der Waals surface area contributed by atoms with Gasteiger partial charge in [-0.3, -0.25) is 4.99 Å². The second-order valence-corrected chi connectivity index (χ2v) is 6.06. The monoisotopic (exact) mass is 372 g/mol. The van der Waals surface area contributed by atoms with Crippen LogP contribution in [0.2, 0.25) is 0 Å². The molecule has 2 rings (SSSR count). The number of nitrogens with zero attached hydrogens (tertiary/aromatic N) is 2. The molecule has 0 amide bonds. The van der Waals surface area contributed by atoms with Gasteiger partial charge in [0.1, 0.15) is 5.82 Å². The molecule has 0 saturated carbocycles. The number of halogens is 5. The summed E-state index contributed by atoms with van der Waals surface area (Å²) in [5.74, 6) is -1.32. The van der Waals surface area contributed by atoms with Gasteiger partial charge in [0.25, 0.3) is 0 Å². The Hall–Kier alpha value is -2.08. The van der Waals surface area contributed by atoms with Gasteiger partial charge in [0.2, 0.25) is 0 Å². The van der Waals surface area contributed by atoms with Crippen LogP contribution in [0.1, 0.15) is 25.8 Å². The standard InChI is InChI=1S/C18H17ClF4N2/c1-4-17(16-9-12(19)7-8-24-16)25(11(2)3)13-5-6-15(20)14(10-13)18(21,22)23/h4-8,10,16H,2,9H2,1,3H3/b17-4-. The zero-order chi connectivity index (χ0) is 18.8. The van der Waals surface area contributed by atoms with Crippen molar-refractivity contribution in [3.8, 4) is 0 Å². The van der Waals surface area contributed by atoms with E-state index in [4.69, 9.17) is 11.6 Å². The molecule has 0 aliphatic carbocycles. The van der Waals surface area contributed by atoms with Crippen molar-refractivity contribution >= 4 is 23.5 Å². The van der Waals surface area contributed by atoms with Crippen molar-refractivity contribution in [2.45, 2.75) is 32.5 Å². The van der Waals surface area contributed by atoms with Crippen molar-refractivity contribution in [3.05, 3.63) is 64.7 Å². The molecule has 134 valence electrons. The van der Waals surface area contributed by atoms with E-state index in [1.165, 1.54) is 11.0 Å². The lowest BCUT2D eigenvalue weighted by Gasteiger charge is -2.32. The van der Waals surface area contributed by atoms with Crippen LogP contribution in [0.5, 0.6) is 0 Å². The fourth-order valence-corrected chi connectivity index (χ4v) is 2.85. The van der Waals surface area contributed by atoms with E-state index in [-0.39, 0.29) is 11.7 Å². The van der Waals surface area contributed by atoms with Gasteiger partial charge >= 0.3 is 6.18 Å². The van der Waals surface area contributed by atoms with E-state index in [1.807, 2.05) is 0 Å². The summed E-state index contributed by atoms with van der Waals surface area (Å²) in [4.78, 5) is 5.87. The van der Waals surface area contributed by atoms with Gasteiger partial charge in [0.15, 0.2) is 0 Å². The van der Waals surface area contributed by atoms with E-state index in [9.17, 15) is 17.6 Å². The third kappa shape index (κ3) is 4.31. The molecule has 1 atom stereocenters. The molecule has 0 aromatic heterocycles. The van der Waals surface area contributed by atoms with E-state index in [2.05, 4.69) is 11.6 Å². The van der Waals surface area contributed by atoms with E-state index in [0.717, 1.165) is 12.1 Å². The first-order chi connectivity index (χ1) is 11.6. The third-order valence-electron chi connectivity index (χ3n) is 3.70. The number of hydrogen-bond donors (Lipinski definition) is 0. The lowest BCUT2D eigenvalue weighted by Crippen LogP contribution is -2.29. The molecule has 1 aliphatic rings. The largest absolute Gasteiger partial charge is 0.419 e. The Morgan fingerprint density at radius 2 is 2.08 bits per heavy atom. The predicted molar refractivity (Wildman–Crippen MR) is 93.3 cm³/mol. The van der Waals surface area contributed by atoms with Crippen LogP contribution in [0.25, 0.3) is 0 Å². The number of hydrogen-bond acceptors (Lipinski definition) is 2. The van der Waals surface area contributed by atoms with Crippen LogP contribution in [-0.4, -0.2) is 12.3 Å². The number of anilines is 1. The third-order valence-corrected chi connectivity index (χ3v) is 3.98. The molecule has 1 aromatic rings. The van der Waals surface area contributed by atoms with E-state index in [1.54, 1.807) is 32.2 Å². The lowest BCUT2D eigenvalue weighted by atomic mass is 10.0. The molecule has 0 N–H and O–H groups in total. The molecule has 25 heavy (non-hydrogen) atoms. The summed E-state index contributed by atoms with van der Waals surface area (Å²) in [6.45, 7) is 7.25. The van der Waals surface area contributed by atoms with Gasteiger partial charge in [0, 0.05) is 34.7 Å². The highest BCUT2D eigenvalue weighted by Crippen LogP contribution is 2.37. The predicted octanol–water partition coefficient (Wildman–Crippen LogP) is 6.05. The van der Waals surface area contributed by atoms with Crippen LogP contribution in [-0.2, 0) is 6.18 Å². The highest BCUT2D eigenvalue weighted by Gasteiger charge is 2.35. The van der Waals surface area contributed by atoms with Crippen LogP contribution >= 0.6 is 11.6 Å². The number of allylic oxidation sites excluding steroid dienone is 3. The Kier molecular flexibility index (Phi) is 5.72. The fraction of sp³-hybridized carbons (Fsp3) is 0.278. The number of aliphatic imine (C=N–C) groups is 1. The molecule has 1 aromatic carbocycles. The van der Waals surface area contributed by atoms with Crippen LogP contribution < -0.4 is 4.90 Å². The van der Waals surface area contributed by atoms with Gasteiger partial charge in [0.05, 0.1) is 11.6 Å². The lowest BCUT2D eigenvalue weighted by molar-refractivity contribution is -0.139. The minimum atomic E-state index is -4.79. The Morgan fingerprint density at radius 3 is 2.60 bits per heavy atom. The number of benzene rings is 1. The minimum Gasteiger partial charge on any atom is -0.317 e. The SMILES string of the molecule is C=C(C)N(/C(=C\C)C1CC(Cl)=CC=N1)c1ccc(F)c(C(F)(F)F)c1. The van der Waals surface area contributed by atoms with Crippen LogP contribution in [0.15, 0.2) is 58.3 Å². The highest BCUT2D eigenvalue weighted by atomic mass is 35.5. The first-order valence-electron chi connectivity index (χ1n) is 7.51. The summed E-state index contributed by atoms with van der Waals surface area (Å²) in [5, 5.41) is 0.594. The van der Waals surface area contributed by atoms with Crippen LogP contribution in [0, 0.1) is 5.82 Å². The van der Waals surface area contributed by atoms with Crippen LogP contribution in [0.3, 0.4) is 0 Å². The maximum Gasteiger partial charge on any atom is 0.419 e. The second kappa shape index (κ2) is 7.44. The maximum atomic E-state index is 13.6. The van der Waals surface area contributed by atoms with Crippen molar-refractivity contribution < 1.29 is 17.6 Å². The maximum absolute atomic E-state index is 13.6. The summed E-state index contributed by atoms with van der Waals surface area (Å²) in [5.41, 5.74) is -0.0598. The van der Waals surface area contributed by atoms with Crippen LogP contribution in [0.4, 0.5) is 23.2 Å². The normalized spacial score (nSPS) is 18.1. The Labute approximate surface area is 148 Å². The van der Waals surface area contributed by atoms with Gasteiger partial charge in [-0.05, 0) is 38.1 Å². The smallest absolute Gasteiger partial charge is 0.317 e. The topological polar surface area (TPSA) is 15.6 Å². The Balaban J connectivity index is 2.50. The summed E-state index contributed by atoms with van der Waals surface area (Å²) >= 11 is 6.05. The second-order valence-electron chi connectivity index (χ2n) is 5.58. The van der Waals surface area contributed by atoms with Gasteiger partial charge in [-0.1, -0.05) is 24.3 Å². The highest BCUT2D eigenvalue weighted by molar-refractivity contribution is 6.30. The number of alkyl halides is 3. The van der Waals surface area contributed by atoms with Crippen molar-refractivity contribution in [2.75, 3.05) is 4.90 Å². The van der Waals surface area contributed by atoms with Gasteiger partial charge < -0.3 is 4.90 Å². The first kappa shape index (κ1) is 19.2. The first-order valence-corrected chi connectivity index (χ1v) is 7.89. The summed E-state index contributed by atoms with van der Waals surface area (Å²) in [7, 11) is 0. The Bertz CT molecular complexity index is 763. The zero-order valence-corrected chi connectivity index (χ0v) is 14.5. The molecule has 0 fully saturated rings. The van der Waals surface area contributed by atoms with Gasteiger partial charge in [-0.15, -0.1) is 0 Å². The fourth-order valence-electron chi connectivity index (χ4n) is 2.64. The molecule has 0 radical (unpaired) electrons. The zero-order valence-electron chi connectivity index (χ0n) is 13.7. The van der Waals surface area contributed by atoms with Gasteiger partial charge in [-0.2, -0.15) is 13.2 Å². The average molecular weight is 373 g/mol. The van der Waals surface area contributed by atoms with Crippen molar-refractivity contribution in [1.29, 1.82) is 0 Å². The van der Waals surface area contributed by atoms with Gasteiger partial charge in [-0.25, -0.2) is 4.39 Å².